The van der Waals surface area contributed by atoms with Gasteiger partial charge in [0.2, 0.25) is 0 Å². The fourth-order valence-corrected chi connectivity index (χ4v) is 3.85. The quantitative estimate of drug-likeness (QED) is 0.917. The lowest BCUT2D eigenvalue weighted by molar-refractivity contribution is 0.312. The van der Waals surface area contributed by atoms with Crippen LogP contribution in [-0.2, 0) is 0 Å². The van der Waals surface area contributed by atoms with E-state index in [2.05, 4.69) is 21.8 Å². The molecule has 5 nitrogen and oxygen atoms in total. The van der Waals surface area contributed by atoms with Gasteiger partial charge in [0.15, 0.2) is 10.3 Å². The molecule has 7 heteroatoms. The normalized spacial score (nSPS) is 17.1. The second kappa shape index (κ2) is 5.07. The molecule has 19 heavy (non-hydrogen) atoms. The van der Waals surface area contributed by atoms with Crippen molar-refractivity contribution in [2.75, 3.05) is 43.9 Å². The zero-order valence-electron chi connectivity index (χ0n) is 11.1. The van der Waals surface area contributed by atoms with Gasteiger partial charge >= 0.3 is 0 Å². The third-order valence-corrected chi connectivity index (χ3v) is 5.23. The summed E-state index contributed by atoms with van der Waals surface area (Å²) in [6.45, 7) is 6.32. The first-order valence-corrected chi connectivity index (χ1v) is 7.95. The van der Waals surface area contributed by atoms with Gasteiger partial charge in [-0.15, -0.1) is 11.3 Å². The molecule has 1 aliphatic rings. The van der Waals surface area contributed by atoms with Crippen molar-refractivity contribution in [1.29, 1.82) is 0 Å². The van der Waals surface area contributed by atoms with Crippen molar-refractivity contribution >= 4 is 32.9 Å². The summed E-state index contributed by atoms with van der Waals surface area (Å²) in [5.41, 5.74) is 7.71. The van der Waals surface area contributed by atoms with Crippen LogP contribution < -0.4 is 10.6 Å². The fourth-order valence-electron chi connectivity index (χ4n) is 2.14. The fraction of sp³-hybridized carbons (Fsp3) is 0.500. The molecule has 1 saturated heterocycles. The summed E-state index contributed by atoms with van der Waals surface area (Å²) in [6.07, 6.45) is 0. The van der Waals surface area contributed by atoms with E-state index < -0.39 is 0 Å². The van der Waals surface area contributed by atoms with Crippen molar-refractivity contribution in [2.24, 2.45) is 0 Å². The second-order valence-electron chi connectivity index (χ2n) is 4.77. The summed E-state index contributed by atoms with van der Waals surface area (Å²) >= 11 is 3.20. The van der Waals surface area contributed by atoms with Gasteiger partial charge < -0.3 is 15.5 Å². The maximum Gasteiger partial charge on any atom is 0.186 e. The predicted molar refractivity (Wildman–Crippen MR) is 82.1 cm³/mol. The summed E-state index contributed by atoms with van der Waals surface area (Å²) in [7, 11) is 2.16. The van der Waals surface area contributed by atoms with Crippen molar-refractivity contribution in [3.63, 3.8) is 0 Å². The SMILES string of the molecule is Cc1nc(N2CCN(C)CC2)sc1-c1csc(N)n1. The Labute approximate surface area is 120 Å². The van der Waals surface area contributed by atoms with Crippen LogP contribution >= 0.6 is 22.7 Å². The lowest BCUT2D eigenvalue weighted by atomic mass is 10.3. The minimum absolute atomic E-state index is 0.615. The Balaban J connectivity index is 1.85. The van der Waals surface area contributed by atoms with Crippen molar-refractivity contribution in [3.05, 3.63) is 11.1 Å². The average Bonchev–Trinajstić information content (AvgIpc) is 2.96. The molecular weight excluding hydrogens is 278 g/mol. The van der Waals surface area contributed by atoms with E-state index in [1.54, 1.807) is 11.3 Å². The van der Waals surface area contributed by atoms with E-state index in [1.807, 2.05) is 12.3 Å². The first-order valence-electron chi connectivity index (χ1n) is 6.26. The van der Waals surface area contributed by atoms with Crippen molar-refractivity contribution in [2.45, 2.75) is 6.92 Å². The molecule has 0 atom stereocenters. The van der Waals surface area contributed by atoms with E-state index in [4.69, 9.17) is 10.7 Å². The van der Waals surface area contributed by atoms with Crippen LogP contribution in [0.2, 0.25) is 0 Å². The maximum absolute atomic E-state index is 5.71. The number of anilines is 2. The van der Waals surface area contributed by atoms with Gasteiger partial charge in [0.25, 0.3) is 0 Å². The molecule has 1 fully saturated rings. The number of likely N-dealkylation sites (N-methyl/N-ethyl adjacent to an activating group) is 1. The minimum atomic E-state index is 0.615. The standard InChI is InChI=1S/C12H17N5S2/c1-8-10(9-7-18-11(13)15-9)19-12(14-8)17-5-3-16(2)4-6-17/h7H,3-6H2,1-2H3,(H2,13,15). The molecule has 3 heterocycles. The van der Waals surface area contributed by atoms with Gasteiger partial charge in [-0.2, -0.15) is 0 Å². The molecular formula is C12H17N5S2. The molecule has 0 bridgehead atoms. The third-order valence-electron chi connectivity index (χ3n) is 3.31. The average molecular weight is 295 g/mol. The lowest BCUT2D eigenvalue weighted by Gasteiger charge is -2.32. The Hall–Kier alpha value is -1.18. The number of aryl methyl sites for hydroxylation is 1. The van der Waals surface area contributed by atoms with E-state index in [-0.39, 0.29) is 0 Å². The third kappa shape index (κ3) is 2.58. The zero-order chi connectivity index (χ0) is 13.4. The van der Waals surface area contributed by atoms with Gasteiger partial charge in [0.05, 0.1) is 16.3 Å². The monoisotopic (exact) mass is 295 g/mol. The molecule has 0 spiro atoms. The minimum Gasteiger partial charge on any atom is -0.375 e. The van der Waals surface area contributed by atoms with Crippen molar-refractivity contribution < 1.29 is 0 Å². The number of nitrogens with zero attached hydrogens (tertiary/aromatic N) is 4. The molecule has 1 aliphatic heterocycles. The summed E-state index contributed by atoms with van der Waals surface area (Å²) in [6, 6.07) is 0. The highest BCUT2D eigenvalue weighted by atomic mass is 32.1. The Morgan fingerprint density at radius 1 is 1.21 bits per heavy atom. The van der Waals surface area contributed by atoms with E-state index in [0.29, 0.717) is 5.13 Å². The highest BCUT2D eigenvalue weighted by Gasteiger charge is 2.20. The zero-order valence-corrected chi connectivity index (χ0v) is 12.7. The summed E-state index contributed by atoms with van der Waals surface area (Å²) in [5, 5.41) is 3.72. The van der Waals surface area contributed by atoms with E-state index in [0.717, 1.165) is 47.6 Å². The van der Waals surface area contributed by atoms with Gasteiger partial charge in [-0.3, -0.25) is 0 Å². The van der Waals surface area contributed by atoms with E-state index in [9.17, 15) is 0 Å². The van der Waals surface area contributed by atoms with Gasteiger partial charge in [-0.1, -0.05) is 11.3 Å². The molecule has 0 amide bonds. The van der Waals surface area contributed by atoms with Gasteiger partial charge in [-0.25, -0.2) is 9.97 Å². The van der Waals surface area contributed by atoms with Crippen LogP contribution in [0.3, 0.4) is 0 Å². The second-order valence-corrected chi connectivity index (χ2v) is 6.64. The van der Waals surface area contributed by atoms with Gasteiger partial charge in [0, 0.05) is 31.6 Å². The van der Waals surface area contributed by atoms with Crippen LogP contribution in [0.15, 0.2) is 5.38 Å². The number of hydrogen-bond acceptors (Lipinski definition) is 7. The van der Waals surface area contributed by atoms with Crippen LogP contribution in [-0.4, -0.2) is 48.1 Å². The number of thiazole rings is 2. The molecule has 102 valence electrons. The first-order chi connectivity index (χ1) is 9.13. The van der Waals surface area contributed by atoms with Crippen molar-refractivity contribution in [1.82, 2.24) is 14.9 Å². The van der Waals surface area contributed by atoms with Crippen LogP contribution in [0.1, 0.15) is 5.69 Å². The molecule has 2 aromatic heterocycles. The predicted octanol–water partition coefficient (Wildman–Crippen LogP) is 1.91. The first kappa shape index (κ1) is 12.8. The number of nitrogens with two attached hydrogens (primary N) is 1. The summed E-state index contributed by atoms with van der Waals surface area (Å²) < 4.78 is 0. The van der Waals surface area contributed by atoms with Crippen LogP contribution in [0.25, 0.3) is 10.6 Å². The number of aromatic nitrogens is 2. The number of nitrogen functional groups attached to an aromatic ring is 1. The molecule has 0 aliphatic carbocycles. The highest BCUT2D eigenvalue weighted by Crippen LogP contribution is 2.35. The van der Waals surface area contributed by atoms with Gasteiger partial charge in [-0.05, 0) is 14.0 Å². The maximum atomic E-state index is 5.71. The molecule has 0 unspecified atom stereocenters. The Bertz CT molecular complexity index is 568. The van der Waals surface area contributed by atoms with E-state index in [1.165, 1.54) is 11.3 Å². The van der Waals surface area contributed by atoms with E-state index >= 15 is 0 Å². The smallest absolute Gasteiger partial charge is 0.186 e. The summed E-state index contributed by atoms with van der Waals surface area (Å²) in [5.74, 6) is 0. The molecule has 0 saturated carbocycles. The highest BCUT2D eigenvalue weighted by molar-refractivity contribution is 7.19. The van der Waals surface area contributed by atoms with Crippen LogP contribution in [0.5, 0.6) is 0 Å². The Kier molecular flexibility index (Phi) is 3.42. The van der Waals surface area contributed by atoms with Gasteiger partial charge in [0.1, 0.15) is 0 Å². The number of hydrogen-bond donors (Lipinski definition) is 1. The Morgan fingerprint density at radius 2 is 1.95 bits per heavy atom. The van der Waals surface area contributed by atoms with Crippen molar-refractivity contribution in [3.8, 4) is 10.6 Å². The molecule has 2 aromatic rings. The van der Waals surface area contributed by atoms with Crippen LogP contribution in [0, 0.1) is 6.92 Å². The number of rotatable bonds is 2. The number of piperazine rings is 1. The Morgan fingerprint density at radius 3 is 2.58 bits per heavy atom. The molecule has 3 rings (SSSR count). The lowest BCUT2D eigenvalue weighted by Crippen LogP contribution is -2.44. The summed E-state index contributed by atoms with van der Waals surface area (Å²) in [4.78, 5) is 14.9. The van der Waals surface area contributed by atoms with Crippen LogP contribution in [0.4, 0.5) is 10.3 Å². The molecule has 0 aromatic carbocycles. The topological polar surface area (TPSA) is 58.3 Å². The largest absolute Gasteiger partial charge is 0.375 e. The molecule has 0 radical (unpaired) electrons. The molecule has 2 N–H and O–H groups in total.